The van der Waals surface area contributed by atoms with Crippen LogP contribution in [0.3, 0.4) is 0 Å². The maximum Gasteiger partial charge on any atom is 0.159 e. The molecule has 0 spiro atoms. The van der Waals surface area contributed by atoms with Crippen LogP contribution in [0.2, 0.25) is 0 Å². The maximum absolute atomic E-state index is 12.6. The average Bonchev–Trinajstić information content (AvgIpc) is 2.73. The predicted molar refractivity (Wildman–Crippen MR) is 128 cm³/mol. The van der Waals surface area contributed by atoms with Gasteiger partial charge in [0.05, 0.1) is 10.5 Å². The largest absolute Gasteiger partial charge is 0.299 e. The van der Waals surface area contributed by atoms with Gasteiger partial charge in [0.25, 0.3) is 0 Å². The third kappa shape index (κ3) is 6.77. The zero-order chi connectivity index (χ0) is 22.5. The van der Waals surface area contributed by atoms with Gasteiger partial charge < -0.3 is 0 Å². The van der Waals surface area contributed by atoms with Crippen LogP contribution in [0.1, 0.15) is 75.1 Å². The molecule has 0 amide bonds. The molecule has 2 aromatic rings. The number of sulfone groups is 1. The Morgan fingerprint density at radius 2 is 1.42 bits per heavy atom. The minimum atomic E-state index is -3.17. The van der Waals surface area contributed by atoms with E-state index in [1.165, 1.54) is 30.4 Å². The summed E-state index contributed by atoms with van der Waals surface area (Å²) in [6, 6.07) is 16.3. The van der Waals surface area contributed by atoms with Crippen molar-refractivity contribution in [3.05, 3.63) is 70.8 Å². The van der Waals surface area contributed by atoms with Crippen molar-refractivity contribution in [3.63, 3.8) is 0 Å². The van der Waals surface area contributed by atoms with E-state index < -0.39 is 14.6 Å². The van der Waals surface area contributed by atoms with Crippen molar-refractivity contribution < 1.29 is 13.2 Å². The topological polar surface area (TPSA) is 51.2 Å². The van der Waals surface area contributed by atoms with Crippen molar-refractivity contribution in [2.75, 3.05) is 0 Å². The Kier molecular flexibility index (Phi) is 7.74. The van der Waals surface area contributed by atoms with Crippen LogP contribution >= 0.6 is 0 Å². The summed E-state index contributed by atoms with van der Waals surface area (Å²) in [6.07, 6.45) is 8.13. The second-order valence-corrected chi connectivity index (χ2v) is 12.7. The van der Waals surface area contributed by atoms with E-state index >= 15 is 0 Å². The summed E-state index contributed by atoms with van der Waals surface area (Å²) < 4.78 is 24.1. The van der Waals surface area contributed by atoms with Crippen molar-refractivity contribution in [3.8, 4) is 0 Å². The molecule has 31 heavy (non-hydrogen) atoms. The number of ketones is 1. The molecule has 0 unspecified atom stereocenters. The number of hydrogen-bond donors (Lipinski definition) is 0. The number of carbonyl (C=O) groups excluding carboxylic acids is 1. The number of aryl methyl sites for hydroxylation is 2. The molecule has 0 saturated heterocycles. The third-order valence-corrected chi connectivity index (χ3v) is 9.02. The van der Waals surface area contributed by atoms with Gasteiger partial charge in [0.1, 0.15) is 5.78 Å². The highest BCUT2D eigenvalue weighted by molar-refractivity contribution is 7.91. The van der Waals surface area contributed by atoms with Crippen LogP contribution in [0.15, 0.2) is 48.5 Å². The molecule has 3 rings (SSSR count). The van der Waals surface area contributed by atoms with Gasteiger partial charge >= 0.3 is 0 Å². The maximum atomic E-state index is 12.6. The molecule has 1 fully saturated rings. The Bertz CT molecular complexity index is 976. The summed E-state index contributed by atoms with van der Waals surface area (Å²) in [4.78, 5) is 12.6. The molecule has 0 radical (unpaired) electrons. The fourth-order valence-electron chi connectivity index (χ4n) is 4.19. The molecule has 1 saturated carbocycles. The SMILES string of the molecule is CC(C)(C)S(=O)(=O)Cc1ccc(CCc2cccc(CC(=O)C3CCCCC3)c2)cc1. The number of rotatable bonds is 8. The number of hydrogen-bond acceptors (Lipinski definition) is 3. The highest BCUT2D eigenvalue weighted by Crippen LogP contribution is 2.26. The van der Waals surface area contributed by atoms with E-state index in [4.69, 9.17) is 0 Å². The summed E-state index contributed by atoms with van der Waals surface area (Å²) in [7, 11) is -3.17. The summed E-state index contributed by atoms with van der Waals surface area (Å²) in [6.45, 7) is 5.23. The monoisotopic (exact) mass is 440 g/mol. The zero-order valence-electron chi connectivity index (χ0n) is 19.2. The first-order chi connectivity index (χ1) is 14.6. The smallest absolute Gasteiger partial charge is 0.159 e. The lowest BCUT2D eigenvalue weighted by Crippen LogP contribution is -2.29. The highest BCUT2D eigenvalue weighted by Gasteiger charge is 2.28. The van der Waals surface area contributed by atoms with Gasteiger partial charge in [0, 0.05) is 12.3 Å². The lowest BCUT2D eigenvalue weighted by atomic mass is 9.84. The Balaban J connectivity index is 1.55. The highest BCUT2D eigenvalue weighted by atomic mass is 32.2. The van der Waals surface area contributed by atoms with Crippen LogP contribution < -0.4 is 0 Å². The van der Waals surface area contributed by atoms with Crippen molar-refractivity contribution in [2.24, 2.45) is 5.92 Å². The van der Waals surface area contributed by atoms with Crippen LogP contribution in [0, 0.1) is 5.92 Å². The van der Waals surface area contributed by atoms with Gasteiger partial charge in [0.15, 0.2) is 9.84 Å². The van der Waals surface area contributed by atoms with Crippen molar-refractivity contribution in [1.29, 1.82) is 0 Å². The lowest BCUT2D eigenvalue weighted by molar-refractivity contribution is -0.123. The van der Waals surface area contributed by atoms with E-state index in [1.807, 2.05) is 24.3 Å². The fraction of sp³-hybridized carbons (Fsp3) is 0.519. The summed E-state index contributed by atoms with van der Waals surface area (Å²) >= 11 is 0. The fourth-order valence-corrected chi connectivity index (χ4v) is 5.26. The van der Waals surface area contributed by atoms with Gasteiger partial charge in [0.2, 0.25) is 0 Å². The van der Waals surface area contributed by atoms with Crippen molar-refractivity contribution >= 4 is 15.6 Å². The van der Waals surface area contributed by atoms with Gasteiger partial charge in [-0.05, 0) is 68.7 Å². The Labute approximate surface area is 188 Å². The quantitative estimate of drug-likeness (QED) is 0.515. The molecule has 0 bridgehead atoms. The summed E-state index contributed by atoms with van der Waals surface area (Å²) in [5, 5.41) is 0. The van der Waals surface area contributed by atoms with E-state index in [-0.39, 0.29) is 11.7 Å². The minimum absolute atomic E-state index is 0.0772. The van der Waals surface area contributed by atoms with Crippen molar-refractivity contribution in [2.45, 2.75) is 82.6 Å². The molecule has 1 aliphatic carbocycles. The molecular formula is C27H36O3S. The van der Waals surface area contributed by atoms with Crippen LogP contribution in [0.5, 0.6) is 0 Å². The van der Waals surface area contributed by atoms with E-state index in [0.29, 0.717) is 12.2 Å². The minimum Gasteiger partial charge on any atom is -0.299 e. The Morgan fingerprint density at radius 1 is 0.839 bits per heavy atom. The van der Waals surface area contributed by atoms with Crippen molar-refractivity contribution in [1.82, 2.24) is 0 Å². The Morgan fingerprint density at radius 3 is 2.06 bits per heavy atom. The molecule has 0 atom stereocenters. The van der Waals surface area contributed by atoms with Gasteiger partial charge in [-0.25, -0.2) is 8.42 Å². The van der Waals surface area contributed by atoms with Crippen LogP contribution in [0.25, 0.3) is 0 Å². The molecule has 0 N–H and O–H groups in total. The summed E-state index contributed by atoms with van der Waals surface area (Å²) in [5.41, 5.74) is 4.40. The second-order valence-electron chi connectivity index (χ2n) is 9.99. The van der Waals surface area contributed by atoms with Gasteiger partial charge in [-0.3, -0.25) is 4.79 Å². The first-order valence-corrected chi connectivity index (χ1v) is 13.2. The summed E-state index contributed by atoms with van der Waals surface area (Å²) in [5.74, 6) is 0.740. The van der Waals surface area contributed by atoms with Gasteiger partial charge in [-0.15, -0.1) is 0 Å². The molecular weight excluding hydrogens is 404 g/mol. The second kappa shape index (κ2) is 10.1. The molecule has 1 aliphatic rings. The van der Waals surface area contributed by atoms with Crippen LogP contribution in [-0.2, 0) is 39.6 Å². The number of carbonyl (C=O) groups is 1. The zero-order valence-corrected chi connectivity index (χ0v) is 20.0. The van der Waals surface area contributed by atoms with Gasteiger partial charge in [-0.2, -0.15) is 0 Å². The number of Topliss-reactive ketones (excluding diaryl/α,β-unsaturated/α-hetero) is 1. The van der Waals surface area contributed by atoms with E-state index in [2.05, 4.69) is 24.3 Å². The Hall–Kier alpha value is -1.94. The molecule has 3 nitrogen and oxygen atoms in total. The molecule has 0 aromatic heterocycles. The van der Waals surface area contributed by atoms with Crippen LogP contribution in [-0.4, -0.2) is 18.9 Å². The third-order valence-electron chi connectivity index (χ3n) is 6.45. The standard InChI is InChI=1S/C27H36O3S/c1-27(2,3)31(29,30)20-23-16-13-21(14-17-23)12-15-22-8-7-9-24(18-22)19-26(28)25-10-5-4-6-11-25/h7-9,13-14,16-18,25H,4-6,10-12,15,19-20H2,1-3H3. The molecule has 4 heteroatoms. The molecule has 0 aliphatic heterocycles. The lowest BCUT2D eigenvalue weighted by Gasteiger charge is -2.20. The van der Waals surface area contributed by atoms with E-state index in [1.54, 1.807) is 20.8 Å². The molecule has 2 aromatic carbocycles. The van der Waals surface area contributed by atoms with Crippen LogP contribution in [0.4, 0.5) is 0 Å². The molecule has 168 valence electrons. The van der Waals surface area contributed by atoms with Gasteiger partial charge in [-0.1, -0.05) is 67.8 Å². The normalized spacial score (nSPS) is 15.7. The van der Waals surface area contributed by atoms with E-state index in [9.17, 15) is 13.2 Å². The average molecular weight is 441 g/mol. The predicted octanol–water partition coefficient (Wildman–Crippen LogP) is 5.88. The first-order valence-electron chi connectivity index (χ1n) is 11.5. The van der Waals surface area contributed by atoms with E-state index in [0.717, 1.165) is 36.8 Å². The molecule has 0 heterocycles. The number of benzene rings is 2. The first kappa shape index (κ1) is 23.7.